The fourth-order valence-corrected chi connectivity index (χ4v) is 5.97. The van der Waals surface area contributed by atoms with E-state index < -0.39 is 5.97 Å². The number of nitrogens with zero attached hydrogens (tertiary/aromatic N) is 2. The third kappa shape index (κ3) is 3.93. The summed E-state index contributed by atoms with van der Waals surface area (Å²) in [5, 5.41) is 9.36. The molecule has 1 N–H and O–H groups in total. The third-order valence-corrected chi connectivity index (χ3v) is 8.28. The summed E-state index contributed by atoms with van der Waals surface area (Å²) >= 11 is 0. The van der Waals surface area contributed by atoms with E-state index in [2.05, 4.69) is 61.6 Å². The molecule has 0 fully saturated rings. The van der Waals surface area contributed by atoms with Gasteiger partial charge in [0, 0.05) is 41.8 Å². The lowest BCUT2D eigenvalue weighted by atomic mass is 9.62. The van der Waals surface area contributed by atoms with Crippen molar-refractivity contribution < 1.29 is 14.6 Å². The average molecular weight is 493 g/mol. The summed E-state index contributed by atoms with van der Waals surface area (Å²) in [7, 11) is 0. The SMILES string of the molecule is CC1(C)CCC(C)(C)c2cc3c(cc21)OCc1c(-c2ccc(C(=O)O)cc2)cn(Cc2cccnc2)c1-3. The Balaban J connectivity index is 1.56. The molecule has 2 aromatic heterocycles. The third-order valence-electron chi connectivity index (χ3n) is 8.28. The molecule has 0 radical (unpaired) electrons. The van der Waals surface area contributed by atoms with Crippen LogP contribution in [-0.4, -0.2) is 20.6 Å². The van der Waals surface area contributed by atoms with Crippen molar-refractivity contribution in [1.82, 2.24) is 9.55 Å². The van der Waals surface area contributed by atoms with Crippen LogP contribution in [-0.2, 0) is 24.0 Å². The number of aromatic carboxylic acids is 1. The molecule has 5 heteroatoms. The second-order valence-corrected chi connectivity index (χ2v) is 11.7. The van der Waals surface area contributed by atoms with E-state index in [0.717, 1.165) is 46.4 Å². The molecule has 0 saturated carbocycles. The first-order valence-electron chi connectivity index (χ1n) is 12.9. The Bertz CT molecular complexity index is 1510. The zero-order chi connectivity index (χ0) is 25.9. The Hall–Kier alpha value is -3.86. The van der Waals surface area contributed by atoms with Crippen LogP contribution >= 0.6 is 0 Å². The van der Waals surface area contributed by atoms with Crippen LogP contribution in [0.15, 0.2) is 67.1 Å². The zero-order valence-corrected chi connectivity index (χ0v) is 21.8. The second kappa shape index (κ2) is 8.34. The summed E-state index contributed by atoms with van der Waals surface area (Å²) in [6.07, 6.45) is 8.19. The van der Waals surface area contributed by atoms with E-state index in [0.29, 0.717) is 13.2 Å². The summed E-state index contributed by atoms with van der Waals surface area (Å²) in [6, 6.07) is 15.8. The van der Waals surface area contributed by atoms with Gasteiger partial charge in [-0.1, -0.05) is 45.9 Å². The van der Waals surface area contributed by atoms with Crippen molar-refractivity contribution in [2.75, 3.05) is 0 Å². The van der Waals surface area contributed by atoms with Crippen LogP contribution in [0, 0.1) is 0 Å². The summed E-state index contributed by atoms with van der Waals surface area (Å²) in [5.41, 5.74) is 9.88. The van der Waals surface area contributed by atoms with Crippen LogP contribution < -0.4 is 4.74 Å². The number of hydrogen-bond donors (Lipinski definition) is 1. The highest BCUT2D eigenvalue weighted by molar-refractivity contribution is 5.89. The Labute approximate surface area is 217 Å². The molecule has 1 aliphatic heterocycles. The highest BCUT2D eigenvalue weighted by Gasteiger charge is 2.39. The van der Waals surface area contributed by atoms with Crippen molar-refractivity contribution in [2.45, 2.75) is 64.5 Å². The van der Waals surface area contributed by atoms with Crippen LogP contribution in [0.3, 0.4) is 0 Å². The van der Waals surface area contributed by atoms with Crippen molar-refractivity contribution >= 4 is 5.97 Å². The first kappa shape index (κ1) is 23.5. The number of hydrogen-bond acceptors (Lipinski definition) is 3. The zero-order valence-electron chi connectivity index (χ0n) is 21.8. The molecule has 5 nitrogen and oxygen atoms in total. The average Bonchev–Trinajstić information content (AvgIpc) is 3.25. The number of rotatable bonds is 4. The maximum Gasteiger partial charge on any atom is 0.335 e. The van der Waals surface area contributed by atoms with E-state index in [1.807, 2.05) is 24.4 Å². The van der Waals surface area contributed by atoms with E-state index in [1.165, 1.54) is 16.8 Å². The van der Waals surface area contributed by atoms with Crippen molar-refractivity contribution in [3.63, 3.8) is 0 Å². The first-order chi connectivity index (χ1) is 17.6. The lowest BCUT2D eigenvalue weighted by Gasteiger charge is -2.42. The number of benzene rings is 2. The van der Waals surface area contributed by atoms with Crippen molar-refractivity contribution in [1.29, 1.82) is 0 Å². The van der Waals surface area contributed by atoms with Gasteiger partial charge >= 0.3 is 5.97 Å². The molecule has 0 spiro atoms. The van der Waals surface area contributed by atoms with E-state index in [-0.39, 0.29) is 16.4 Å². The molecular formula is C32H32N2O3. The molecule has 0 amide bonds. The van der Waals surface area contributed by atoms with Gasteiger partial charge in [-0.05, 0) is 76.3 Å². The fourth-order valence-electron chi connectivity index (χ4n) is 5.97. The molecule has 0 saturated heterocycles. The van der Waals surface area contributed by atoms with Gasteiger partial charge in [0.15, 0.2) is 0 Å². The predicted molar refractivity (Wildman–Crippen MR) is 145 cm³/mol. The van der Waals surface area contributed by atoms with Gasteiger partial charge < -0.3 is 14.4 Å². The van der Waals surface area contributed by atoms with E-state index in [4.69, 9.17) is 4.74 Å². The van der Waals surface area contributed by atoms with E-state index >= 15 is 0 Å². The van der Waals surface area contributed by atoms with Crippen molar-refractivity contribution in [3.05, 3.63) is 94.9 Å². The predicted octanol–water partition coefficient (Wildman–Crippen LogP) is 7.21. The smallest absolute Gasteiger partial charge is 0.335 e. The van der Waals surface area contributed by atoms with Crippen LogP contribution in [0.1, 0.15) is 73.1 Å². The molecule has 2 aromatic carbocycles. The fraction of sp³-hybridized carbons (Fsp3) is 0.312. The molecule has 0 atom stereocenters. The molecule has 6 rings (SSSR count). The van der Waals surface area contributed by atoms with Gasteiger partial charge in [-0.3, -0.25) is 4.98 Å². The quantitative estimate of drug-likeness (QED) is 0.327. The molecule has 3 heterocycles. The van der Waals surface area contributed by atoms with E-state index in [9.17, 15) is 9.90 Å². The number of aromatic nitrogens is 2. The Morgan fingerprint density at radius 1 is 1.00 bits per heavy atom. The topological polar surface area (TPSA) is 64.3 Å². The van der Waals surface area contributed by atoms with Gasteiger partial charge in [0.2, 0.25) is 0 Å². The molecule has 0 bridgehead atoms. The summed E-state index contributed by atoms with van der Waals surface area (Å²) in [5.74, 6) is 0.0191. The van der Waals surface area contributed by atoms with Crippen molar-refractivity contribution in [2.24, 2.45) is 0 Å². The van der Waals surface area contributed by atoms with Gasteiger partial charge in [-0.25, -0.2) is 4.79 Å². The Morgan fingerprint density at radius 2 is 1.70 bits per heavy atom. The summed E-state index contributed by atoms with van der Waals surface area (Å²) < 4.78 is 8.75. The largest absolute Gasteiger partial charge is 0.488 e. The number of carbonyl (C=O) groups is 1. The number of ether oxygens (including phenoxy) is 1. The monoisotopic (exact) mass is 492 g/mol. The number of carboxylic acid groups (broad SMARTS) is 1. The highest BCUT2D eigenvalue weighted by atomic mass is 16.5. The molecule has 1 aliphatic carbocycles. The minimum atomic E-state index is -0.921. The van der Waals surface area contributed by atoms with Crippen LogP contribution in [0.4, 0.5) is 0 Å². The molecule has 0 unspecified atom stereocenters. The maximum atomic E-state index is 11.4. The van der Waals surface area contributed by atoms with Gasteiger partial charge in [0.05, 0.1) is 11.3 Å². The van der Waals surface area contributed by atoms with Gasteiger partial charge in [0.1, 0.15) is 12.4 Å². The van der Waals surface area contributed by atoms with Gasteiger partial charge in [0.25, 0.3) is 0 Å². The standard InChI is InChI=1S/C32H32N2O3/c1-31(2)11-12-32(3,4)27-15-28-23(14-26(27)31)29-25(19-37-28)24(21-7-9-22(10-8-21)30(35)36)18-34(29)17-20-6-5-13-33-16-20/h5-10,13-16,18H,11-12,17,19H2,1-4H3,(H,35,36). The lowest BCUT2D eigenvalue weighted by Crippen LogP contribution is -2.34. The van der Waals surface area contributed by atoms with Crippen molar-refractivity contribution in [3.8, 4) is 28.1 Å². The second-order valence-electron chi connectivity index (χ2n) is 11.7. The minimum Gasteiger partial charge on any atom is -0.488 e. The van der Waals surface area contributed by atoms with E-state index in [1.54, 1.807) is 18.3 Å². The Morgan fingerprint density at radius 3 is 2.35 bits per heavy atom. The minimum absolute atomic E-state index is 0.0910. The first-order valence-corrected chi connectivity index (χ1v) is 12.9. The maximum absolute atomic E-state index is 11.4. The molecular weight excluding hydrogens is 460 g/mol. The van der Waals surface area contributed by atoms with Crippen LogP contribution in [0.2, 0.25) is 0 Å². The molecule has 37 heavy (non-hydrogen) atoms. The normalized spacial score (nSPS) is 16.8. The molecule has 2 aliphatic rings. The van der Waals surface area contributed by atoms with Gasteiger partial charge in [-0.15, -0.1) is 0 Å². The lowest BCUT2D eigenvalue weighted by molar-refractivity contribution is 0.0697. The molecule has 4 aromatic rings. The van der Waals surface area contributed by atoms with Crippen LogP contribution in [0.5, 0.6) is 5.75 Å². The number of carboxylic acids is 1. The number of pyridine rings is 1. The van der Waals surface area contributed by atoms with Gasteiger partial charge in [-0.2, -0.15) is 0 Å². The van der Waals surface area contributed by atoms with Crippen LogP contribution in [0.25, 0.3) is 22.4 Å². The highest BCUT2D eigenvalue weighted by Crippen LogP contribution is 2.51. The number of fused-ring (bicyclic) bond motifs is 4. The molecule has 188 valence electrons. The summed E-state index contributed by atoms with van der Waals surface area (Å²) in [6.45, 7) is 10.5. The summed E-state index contributed by atoms with van der Waals surface area (Å²) in [4.78, 5) is 15.7. The Kier molecular flexibility index (Phi) is 5.30.